The minimum absolute atomic E-state index is 0.0494. The molecule has 1 aromatic carbocycles. The molecule has 0 aliphatic heterocycles. The van der Waals surface area contributed by atoms with Crippen LogP contribution in [0.15, 0.2) is 12.1 Å². The van der Waals surface area contributed by atoms with Crippen LogP contribution in [0.1, 0.15) is 12.0 Å². The molecule has 0 saturated heterocycles. The first-order chi connectivity index (χ1) is 7.24. The van der Waals surface area contributed by atoms with Gasteiger partial charge in [0, 0.05) is 6.61 Å². The lowest BCUT2D eigenvalue weighted by molar-refractivity contribution is 0.287. The summed E-state index contributed by atoms with van der Waals surface area (Å²) in [6, 6.07) is 3.31. The Bertz CT molecular complexity index is 326. The van der Waals surface area contributed by atoms with Crippen LogP contribution >= 0.6 is 0 Å². The van der Waals surface area contributed by atoms with E-state index in [-0.39, 0.29) is 12.4 Å². The number of hydrogen-bond acceptors (Lipinski definition) is 3. The summed E-state index contributed by atoms with van der Waals surface area (Å²) in [7, 11) is 2.86. The highest BCUT2D eigenvalue weighted by atomic mass is 19.1. The Hall–Kier alpha value is -1.29. The maximum atomic E-state index is 13.8. The number of ether oxygens (including phenoxy) is 2. The summed E-state index contributed by atoms with van der Waals surface area (Å²) < 4.78 is 23.6. The van der Waals surface area contributed by atoms with Gasteiger partial charge in [-0.2, -0.15) is 0 Å². The lowest BCUT2D eigenvalue weighted by Gasteiger charge is -2.11. The van der Waals surface area contributed by atoms with Crippen LogP contribution in [0.2, 0.25) is 0 Å². The topological polar surface area (TPSA) is 38.7 Å². The summed E-state index contributed by atoms with van der Waals surface area (Å²) in [5, 5.41) is 8.67. The molecule has 84 valence electrons. The van der Waals surface area contributed by atoms with E-state index < -0.39 is 5.82 Å². The van der Waals surface area contributed by atoms with Crippen molar-refractivity contribution in [3.63, 3.8) is 0 Å². The fraction of sp³-hybridized carbons (Fsp3) is 0.455. The Kier molecular flexibility index (Phi) is 4.37. The molecule has 3 nitrogen and oxygen atoms in total. The molecule has 0 fully saturated rings. The van der Waals surface area contributed by atoms with Crippen LogP contribution in [0.5, 0.6) is 11.5 Å². The Morgan fingerprint density at radius 3 is 2.53 bits per heavy atom. The second-order valence-corrected chi connectivity index (χ2v) is 3.10. The molecule has 0 bridgehead atoms. The fourth-order valence-corrected chi connectivity index (χ4v) is 1.39. The summed E-state index contributed by atoms with van der Waals surface area (Å²) >= 11 is 0. The van der Waals surface area contributed by atoms with E-state index in [2.05, 4.69) is 0 Å². The summed E-state index contributed by atoms with van der Waals surface area (Å²) in [6.45, 7) is 0.0494. The molecule has 15 heavy (non-hydrogen) atoms. The zero-order valence-corrected chi connectivity index (χ0v) is 8.92. The zero-order valence-electron chi connectivity index (χ0n) is 8.92. The van der Waals surface area contributed by atoms with Crippen molar-refractivity contribution in [2.75, 3.05) is 20.8 Å². The van der Waals surface area contributed by atoms with E-state index in [4.69, 9.17) is 14.6 Å². The van der Waals surface area contributed by atoms with Gasteiger partial charge in [0.1, 0.15) is 0 Å². The Morgan fingerprint density at radius 2 is 2.00 bits per heavy atom. The van der Waals surface area contributed by atoms with Crippen molar-refractivity contribution >= 4 is 0 Å². The number of benzene rings is 1. The molecule has 0 heterocycles. The summed E-state index contributed by atoms with van der Waals surface area (Å²) in [5.41, 5.74) is 0.529. The third kappa shape index (κ3) is 2.59. The Balaban J connectivity index is 3.00. The highest BCUT2D eigenvalue weighted by molar-refractivity contribution is 5.44. The maximum Gasteiger partial charge on any atom is 0.197 e. The molecule has 1 rings (SSSR count). The van der Waals surface area contributed by atoms with Gasteiger partial charge < -0.3 is 14.6 Å². The van der Waals surface area contributed by atoms with Crippen LogP contribution in [-0.4, -0.2) is 25.9 Å². The molecule has 4 heteroatoms. The van der Waals surface area contributed by atoms with Crippen molar-refractivity contribution in [1.82, 2.24) is 0 Å². The lowest BCUT2D eigenvalue weighted by atomic mass is 10.1. The standard InChI is InChI=1S/C11H15FO3/c1-14-9-6-5-8(4-3-7-13)10(12)11(9)15-2/h5-6,13H,3-4,7H2,1-2H3. The number of aryl methyl sites for hydroxylation is 1. The van der Waals surface area contributed by atoms with Crippen LogP contribution in [0.25, 0.3) is 0 Å². The van der Waals surface area contributed by atoms with Gasteiger partial charge in [-0.25, -0.2) is 4.39 Å². The molecule has 1 N–H and O–H groups in total. The maximum absolute atomic E-state index is 13.8. The second-order valence-electron chi connectivity index (χ2n) is 3.10. The molecular weight excluding hydrogens is 199 g/mol. The highest BCUT2D eigenvalue weighted by Gasteiger charge is 2.13. The predicted octanol–water partition coefficient (Wildman–Crippen LogP) is 1.77. The van der Waals surface area contributed by atoms with Crippen LogP contribution in [0.4, 0.5) is 4.39 Å². The van der Waals surface area contributed by atoms with Crippen LogP contribution in [0.3, 0.4) is 0 Å². The van der Waals surface area contributed by atoms with E-state index in [0.29, 0.717) is 24.2 Å². The van der Waals surface area contributed by atoms with Crippen molar-refractivity contribution < 1.29 is 19.0 Å². The lowest BCUT2D eigenvalue weighted by Crippen LogP contribution is -1.99. The normalized spacial score (nSPS) is 10.1. The van der Waals surface area contributed by atoms with Gasteiger partial charge in [0.05, 0.1) is 14.2 Å². The van der Waals surface area contributed by atoms with Crippen LogP contribution in [-0.2, 0) is 6.42 Å². The number of aliphatic hydroxyl groups excluding tert-OH is 1. The number of rotatable bonds is 5. The predicted molar refractivity (Wildman–Crippen MR) is 54.9 cm³/mol. The molecule has 0 unspecified atom stereocenters. The van der Waals surface area contributed by atoms with E-state index in [9.17, 15) is 4.39 Å². The minimum atomic E-state index is -0.412. The molecule has 0 spiro atoms. The Morgan fingerprint density at radius 1 is 1.27 bits per heavy atom. The van der Waals surface area contributed by atoms with Crippen molar-refractivity contribution in [3.8, 4) is 11.5 Å². The van der Waals surface area contributed by atoms with Crippen molar-refractivity contribution in [1.29, 1.82) is 0 Å². The van der Waals surface area contributed by atoms with Gasteiger partial charge in [-0.15, -0.1) is 0 Å². The van der Waals surface area contributed by atoms with Gasteiger partial charge in [-0.3, -0.25) is 0 Å². The number of halogens is 1. The summed E-state index contributed by atoms with van der Waals surface area (Å²) in [4.78, 5) is 0. The van der Waals surface area contributed by atoms with E-state index >= 15 is 0 Å². The Labute approximate surface area is 88.4 Å². The molecule has 0 saturated carbocycles. The molecular formula is C11H15FO3. The monoisotopic (exact) mass is 214 g/mol. The first kappa shape index (κ1) is 11.8. The second kappa shape index (κ2) is 5.56. The molecule has 0 aromatic heterocycles. The van der Waals surface area contributed by atoms with Gasteiger partial charge >= 0.3 is 0 Å². The van der Waals surface area contributed by atoms with E-state index in [1.54, 1.807) is 12.1 Å². The van der Waals surface area contributed by atoms with Gasteiger partial charge in [0.15, 0.2) is 17.3 Å². The van der Waals surface area contributed by atoms with Crippen molar-refractivity contribution in [2.24, 2.45) is 0 Å². The van der Waals surface area contributed by atoms with Gasteiger partial charge in [-0.05, 0) is 24.5 Å². The van der Waals surface area contributed by atoms with Crippen LogP contribution in [0, 0.1) is 5.82 Å². The van der Waals surface area contributed by atoms with E-state index in [1.165, 1.54) is 14.2 Å². The van der Waals surface area contributed by atoms with Crippen LogP contribution < -0.4 is 9.47 Å². The SMILES string of the molecule is COc1ccc(CCCO)c(F)c1OC. The number of aliphatic hydroxyl groups is 1. The minimum Gasteiger partial charge on any atom is -0.493 e. The molecule has 0 aliphatic carbocycles. The van der Waals surface area contributed by atoms with Gasteiger partial charge in [-0.1, -0.05) is 6.07 Å². The van der Waals surface area contributed by atoms with Gasteiger partial charge in [0.2, 0.25) is 0 Å². The first-order valence-corrected chi connectivity index (χ1v) is 4.74. The molecule has 1 aromatic rings. The van der Waals surface area contributed by atoms with Gasteiger partial charge in [0.25, 0.3) is 0 Å². The molecule has 0 atom stereocenters. The zero-order chi connectivity index (χ0) is 11.3. The molecule has 0 aliphatic rings. The third-order valence-electron chi connectivity index (χ3n) is 2.17. The smallest absolute Gasteiger partial charge is 0.197 e. The fourth-order valence-electron chi connectivity index (χ4n) is 1.39. The molecule has 0 amide bonds. The summed E-state index contributed by atoms with van der Waals surface area (Å²) in [6.07, 6.45) is 1.02. The highest BCUT2D eigenvalue weighted by Crippen LogP contribution is 2.32. The first-order valence-electron chi connectivity index (χ1n) is 4.74. The van der Waals surface area contributed by atoms with Crippen molar-refractivity contribution in [3.05, 3.63) is 23.5 Å². The average molecular weight is 214 g/mol. The summed E-state index contributed by atoms with van der Waals surface area (Å²) in [5.74, 6) is 0.0842. The van der Waals surface area contributed by atoms with Crippen molar-refractivity contribution in [2.45, 2.75) is 12.8 Å². The third-order valence-corrected chi connectivity index (χ3v) is 2.17. The molecule has 0 radical (unpaired) electrons. The number of hydrogen-bond donors (Lipinski definition) is 1. The average Bonchev–Trinajstić information content (AvgIpc) is 2.27. The number of methoxy groups -OCH3 is 2. The van der Waals surface area contributed by atoms with E-state index in [1.807, 2.05) is 0 Å². The largest absolute Gasteiger partial charge is 0.493 e. The quantitative estimate of drug-likeness (QED) is 0.811. The van der Waals surface area contributed by atoms with E-state index in [0.717, 1.165) is 0 Å².